The number of carbonyl (C=O) groups is 1. The van der Waals surface area contributed by atoms with E-state index in [0.29, 0.717) is 16.3 Å². The standard InChI is InChI=1S/C15H15ClN2O2/c16-12-6-11(7-13(17)8-12)15(20)18-9-14(19)10-4-2-1-3-5-10/h1-8,14,19H,9,17H2,(H,18,20). The normalized spacial score (nSPS) is 11.9. The van der Waals surface area contributed by atoms with Gasteiger partial charge in [0.25, 0.3) is 5.91 Å². The molecule has 0 aliphatic carbocycles. The molecule has 0 heterocycles. The van der Waals surface area contributed by atoms with Crippen molar-refractivity contribution < 1.29 is 9.90 Å². The Morgan fingerprint density at radius 1 is 1.25 bits per heavy atom. The van der Waals surface area contributed by atoms with Gasteiger partial charge in [0.1, 0.15) is 0 Å². The van der Waals surface area contributed by atoms with Gasteiger partial charge in [0, 0.05) is 22.8 Å². The summed E-state index contributed by atoms with van der Waals surface area (Å²) in [6.45, 7) is 0.120. The van der Waals surface area contributed by atoms with E-state index in [9.17, 15) is 9.90 Å². The quantitative estimate of drug-likeness (QED) is 0.757. The van der Waals surface area contributed by atoms with Gasteiger partial charge in [0.05, 0.1) is 6.10 Å². The van der Waals surface area contributed by atoms with Gasteiger partial charge in [-0.3, -0.25) is 4.79 Å². The lowest BCUT2D eigenvalue weighted by Crippen LogP contribution is -2.28. The van der Waals surface area contributed by atoms with E-state index >= 15 is 0 Å². The van der Waals surface area contributed by atoms with Crippen LogP contribution in [0.2, 0.25) is 5.02 Å². The molecule has 0 fully saturated rings. The number of nitrogens with one attached hydrogen (secondary N) is 1. The van der Waals surface area contributed by atoms with E-state index in [2.05, 4.69) is 5.32 Å². The molecule has 0 aromatic heterocycles. The van der Waals surface area contributed by atoms with Crippen LogP contribution in [-0.4, -0.2) is 17.6 Å². The lowest BCUT2D eigenvalue weighted by Gasteiger charge is -2.12. The van der Waals surface area contributed by atoms with E-state index in [1.54, 1.807) is 18.2 Å². The Kier molecular flexibility index (Phi) is 4.61. The molecule has 0 aliphatic heterocycles. The van der Waals surface area contributed by atoms with Gasteiger partial charge in [0.15, 0.2) is 0 Å². The number of rotatable bonds is 4. The fourth-order valence-corrected chi connectivity index (χ4v) is 2.07. The number of aliphatic hydroxyl groups excluding tert-OH is 1. The predicted molar refractivity (Wildman–Crippen MR) is 79.6 cm³/mol. The minimum Gasteiger partial charge on any atom is -0.399 e. The number of anilines is 1. The number of nitrogen functional groups attached to an aromatic ring is 1. The Labute approximate surface area is 122 Å². The zero-order chi connectivity index (χ0) is 14.5. The summed E-state index contributed by atoms with van der Waals surface area (Å²) >= 11 is 5.84. The number of benzene rings is 2. The number of carbonyl (C=O) groups excluding carboxylic acids is 1. The maximum absolute atomic E-state index is 11.9. The highest BCUT2D eigenvalue weighted by molar-refractivity contribution is 6.31. The van der Waals surface area contributed by atoms with E-state index < -0.39 is 6.10 Å². The summed E-state index contributed by atoms with van der Waals surface area (Å²) in [5.41, 5.74) is 7.17. The van der Waals surface area contributed by atoms with Crippen molar-refractivity contribution in [1.29, 1.82) is 0 Å². The van der Waals surface area contributed by atoms with Gasteiger partial charge in [-0.25, -0.2) is 0 Å². The van der Waals surface area contributed by atoms with Gasteiger partial charge in [-0.15, -0.1) is 0 Å². The summed E-state index contributed by atoms with van der Waals surface area (Å²) in [7, 11) is 0. The molecule has 2 aromatic carbocycles. The van der Waals surface area contributed by atoms with Gasteiger partial charge < -0.3 is 16.2 Å². The summed E-state index contributed by atoms with van der Waals surface area (Å²) in [6.07, 6.45) is -0.753. The van der Waals surface area contributed by atoms with Crippen LogP contribution in [0.1, 0.15) is 22.0 Å². The van der Waals surface area contributed by atoms with Crippen LogP contribution in [0.25, 0.3) is 0 Å². The minimum absolute atomic E-state index is 0.120. The van der Waals surface area contributed by atoms with Crippen molar-refractivity contribution in [2.45, 2.75) is 6.10 Å². The second kappa shape index (κ2) is 6.41. The topological polar surface area (TPSA) is 75.4 Å². The highest BCUT2D eigenvalue weighted by Gasteiger charge is 2.11. The molecule has 4 nitrogen and oxygen atoms in total. The van der Waals surface area contributed by atoms with Gasteiger partial charge in [-0.1, -0.05) is 41.9 Å². The second-order valence-electron chi connectivity index (χ2n) is 4.41. The Hall–Kier alpha value is -2.04. The van der Waals surface area contributed by atoms with Crippen LogP contribution in [0.3, 0.4) is 0 Å². The summed E-state index contributed by atoms with van der Waals surface area (Å²) in [5, 5.41) is 13.0. The van der Waals surface area contributed by atoms with Gasteiger partial charge in [0.2, 0.25) is 0 Å². The van der Waals surface area contributed by atoms with Crippen LogP contribution in [0.15, 0.2) is 48.5 Å². The number of hydrogen-bond donors (Lipinski definition) is 3. The zero-order valence-corrected chi connectivity index (χ0v) is 11.5. The van der Waals surface area contributed by atoms with Crippen LogP contribution in [-0.2, 0) is 0 Å². The first-order valence-corrected chi connectivity index (χ1v) is 6.51. The van der Waals surface area contributed by atoms with Gasteiger partial charge >= 0.3 is 0 Å². The molecule has 2 aromatic rings. The maximum Gasteiger partial charge on any atom is 0.251 e. The zero-order valence-electron chi connectivity index (χ0n) is 10.7. The molecule has 1 amide bonds. The molecule has 0 radical (unpaired) electrons. The van der Waals surface area contributed by atoms with Crippen molar-refractivity contribution in [3.63, 3.8) is 0 Å². The van der Waals surface area contributed by atoms with Gasteiger partial charge in [-0.05, 0) is 23.8 Å². The molecule has 2 rings (SSSR count). The Balaban J connectivity index is 1.98. The monoisotopic (exact) mass is 290 g/mol. The first-order chi connectivity index (χ1) is 9.56. The smallest absolute Gasteiger partial charge is 0.251 e. The van der Waals surface area contributed by atoms with Crippen molar-refractivity contribution in [3.8, 4) is 0 Å². The van der Waals surface area contributed by atoms with E-state index in [4.69, 9.17) is 17.3 Å². The average molecular weight is 291 g/mol. The molecule has 5 heteroatoms. The maximum atomic E-state index is 11.9. The molecular formula is C15H15ClN2O2. The third kappa shape index (κ3) is 3.73. The van der Waals surface area contributed by atoms with Crippen LogP contribution in [0, 0.1) is 0 Å². The molecule has 0 spiro atoms. The lowest BCUT2D eigenvalue weighted by atomic mass is 10.1. The molecule has 4 N–H and O–H groups in total. The van der Waals surface area contributed by atoms with Crippen molar-refractivity contribution in [2.75, 3.05) is 12.3 Å². The number of halogens is 1. The van der Waals surface area contributed by atoms with E-state index in [-0.39, 0.29) is 12.5 Å². The molecule has 20 heavy (non-hydrogen) atoms. The van der Waals surface area contributed by atoms with Gasteiger partial charge in [-0.2, -0.15) is 0 Å². The number of amides is 1. The SMILES string of the molecule is Nc1cc(Cl)cc(C(=O)NCC(O)c2ccccc2)c1. The van der Waals surface area contributed by atoms with Crippen LogP contribution in [0.5, 0.6) is 0 Å². The summed E-state index contributed by atoms with van der Waals surface area (Å²) < 4.78 is 0. The first-order valence-electron chi connectivity index (χ1n) is 6.13. The van der Waals surface area contributed by atoms with E-state index in [0.717, 1.165) is 5.56 Å². The van der Waals surface area contributed by atoms with Crippen molar-refractivity contribution >= 4 is 23.2 Å². The number of nitrogens with two attached hydrogens (primary N) is 1. The molecule has 1 atom stereocenters. The van der Waals surface area contributed by atoms with Crippen molar-refractivity contribution in [2.24, 2.45) is 0 Å². The summed E-state index contributed by atoms with van der Waals surface area (Å²) in [5.74, 6) is -0.325. The Morgan fingerprint density at radius 2 is 1.95 bits per heavy atom. The molecule has 0 saturated heterocycles. The molecule has 0 bridgehead atoms. The Morgan fingerprint density at radius 3 is 2.60 bits per heavy atom. The van der Waals surface area contributed by atoms with Crippen LogP contribution < -0.4 is 11.1 Å². The largest absolute Gasteiger partial charge is 0.399 e. The molecule has 0 aliphatic rings. The van der Waals surface area contributed by atoms with E-state index in [1.165, 1.54) is 12.1 Å². The van der Waals surface area contributed by atoms with Crippen LogP contribution in [0.4, 0.5) is 5.69 Å². The summed E-state index contributed by atoms with van der Waals surface area (Å²) in [4.78, 5) is 11.9. The molecule has 1 unspecified atom stereocenters. The highest BCUT2D eigenvalue weighted by Crippen LogP contribution is 2.17. The fourth-order valence-electron chi connectivity index (χ4n) is 1.83. The second-order valence-corrected chi connectivity index (χ2v) is 4.85. The van der Waals surface area contributed by atoms with Crippen LogP contribution >= 0.6 is 11.6 Å². The average Bonchev–Trinajstić information content (AvgIpc) is 2.44. The molecule has 104 valence electrons. The third-order valence-corrected chi connectivity index (χ3v) is 3.04. The lowest BCUT2D eigenvalue weighted by molar-refractivity contribution is 0.0916. The fraction of sp³-hybridized carbons (Fsp3) is 0.133. The molecular weight excluding hydrogens is 276 g/mol. The Bertz CT molecular complexity index is 582. The van der Waals surface area contributed by atoms with Crippen molar-refractivity contribution in [1.82, 2.24) is 5.32 Å². The predicted octanol–water partition coefficient (Wildman–Crippen LogP) is 2.39. The number of hydrogen-bond acceptors (Lipinski definition) is 3. The minimum atomic E-state index is -0.753. The first kappa shape index (κ1) is 14.4. The third-order valence-electron chi connectivity index (χ3n) is 2.82. The highest BCUT2D eigenvalue weighted by atomic mass is 35.5. The van der Waals surface area contributed by atoms with E-state index in [1.807, 2.05) is 18.2 Å². The number of aliphatic hydroxyl groups is 1. The molecule has 0 saturated carbocycles. The summed E-state index contributed by atoms with van der Waals surface area (Å²) in [6, 6.07) is 13.8. The van der Waals surface area contributed by atoms with Crippen molar-refractivity contribution in [3.05, 3.63) is 64.7 Å².